The largest absolute Gasteiger partial charge is 0.301 e. The van der Waals surface area contributed by atoms with E-state index in [2.05, 4.69) is 59.5 Å². The van der Waals surface area contributed by atoms with Gasteiger partial charge in [0.2, 0.25) is 0 Å². The SMILES string of the molecule is O=C1C(=Cc2ccc(N(c3ccccc3)c3cccc4ccccc34)s2)C(=O)c2cc3ccccc3cc21. The summed E-state index contributed by atoms with van der Waals surface area (Å²) in [7, 11) is 0. The highest BCUT2D eigenvalue weighted by Crippen LogP contribution is 2.42. The van der Waals surface area contributed by atoms with E-state index in [9.17, 15) is 9.59 Å². The number of ketones is 2. The monoisotopic (exact) mass is 507 g/mol. The molecule has 1 heterocycles. The van der Waals surface area contributed by atoms with Crippen molar-refractivity contribution in [3.8, 4) is 0 Å². The van der Waals surface area contributed by atoms with Gasteiger partial charge in [-0.15, -0.1) is 11.3 Å². The first-order valence-electron chi connectivity index (χ1n) is 12.4. The molecule has 0 spiro atoms. The highest BCUT2D eigenvalue weighted by atomic mass is 32.1. The number of carbonyl (C=O) groups is 2. The van der Waals surface area contributed by atoms with Gasteiger partial charge in [0.25, 0.3) is 0 Å². The fourth-order valence-corrected chi connectivity index (χ4v) is 6.17. The number of Topliss-reactive ketones (excluding diaryl/α,β-unsaturated/α-hetero) is 2. The number of para-hydroxylation sites is 1. The van der Waals surface area contributed by atoms with E-state index >= 15 is 0 Å². The second-order valence-corrected chi connectivity index (χ2v) is 10.4. The Bertz CT molecular complexity index is 1850. The lowest BCUT2D eigenvalue weighted by Gasteiger charge is -2.25. The van der Waals surface area contributed by atoms with Gasteiger partial charge < -0.3 is 4.90 Å². The van der Waals surface area contributed by atoms with Crippen LogP contribution in [0, 0.1) is 0 Å². The second kappa shape index (κ2) is 8.94. The molecule has 1 aliphatic carbocycles. The summed E-state index contributed by atoms with van der Waals surface area (Å²) in [6, 6.07) is 40.4. The number of fused-ring (bicyclic) bond motifs is 3. The number of carbonyl (C=O) groups excluding carboxylic acids is 2. The molecular formula is C34H21NO2S. The molecule has 0 bridgehead atoms. The van der Waals surface area contributed by atoms with Crippen molar-refractivity contribution in [2.75, 3.05) is 4.90 Å². The predicted octanol–water partition coefficient (Wildman–Crippen LogP) is 8.99. The average molecular weight is 508 g/mol. The summed E-state index contributed by atoms with van der Waals surface area (Å²) in [5.41, 5.74) is 3.30. The molecule has 0 amide bonds. The summed E-state index contributed by atoms with van der Waals surface area (Å²) < 4.78 is 0. The second-order valence-electron chi connectivity index (χ2n) is 9.31. The number of hydrogen-bond donors (Lipinski definition) is 0. The molecule has 7 rings (SSSR count). The normalized spacial score (nSPS) is 12.8. The standard InChI is InChI=1S/C34H21NO2S/c36-33-28-19-23-10-4-5-11-24(23)20-29(28)34(37)30(33)21-26-17-18-32(38-26)35(25-13-2-1-3-14-25)31-16-8-12-22-9-6-7-15-27(22)31/h1-21H. The maximum atomic E-state index is 13.3. The van der Waals surface area contributed by atoms with E-state index in [-0.39, 0.29) is 17.1 Å². The summed E-state index contributed by atoms with van der Waals surface area (Å²) in [6.45, 7) is 0. The van der Waals surface area contributed by atoms with Crippen LogP contribution >= 0.6 is 11.3 Å². The van der Waals surface area contributed by atoms with Crippen molar-refractivity contribution in [2.24, 2.45) is 0 Å². The van der Waals surface area contributed by atoms with E-state index in [0.717, 1.165) is 42.8 Å². The van der Waals surface area contributed by atoms with Crippen LogP contribution in [0.5, 0.6) is 0 Å². The van der Waals surface area contributed by atoms with Gasteiger partial charge in [0.15, 0.2) is 11.6 Å². The molecule has 4 heteroatoms. The van der Waals surface area contributed by atoms with Crippen LogP contribution in [0.1, 0.15) is 25.6 Å². The fraction of sp³-hybridized carbons (Fsp3) is 0. The Hall–Kier alpha value is -4.80. The van der Waals surface area contributed by atoms with E-state index in [1.165, 1.54) is 0 Å². The van der Waals surface area contributed by atoms with Gasteiger partial charge in [0.1, 0.15) is 5.00 Å². The molecule has 0 atom stereocenters. The van der Waals surface area contributed by atoms with Crippen molar-refractivity contribution in [2.45, 2.75) is 0 Å². The zero-order valence-electron chi connectivity index (χ0n) is 20.3. The zero-order valence-corrected chi connectivity index (χ0v) is 21.1. The van der Waals surface area contributed by atoms with Crippen LogP contribution in [0.25, 0.3) is 27.6 Å². The van der Waals surface area contributed by atoms with E-state index in [1.54, 1.807) is 17.4 Å². The Morgan fingerprint density at radius 1 is 0.579 bits per heavy atom. The minimum Gasteiger partial charge on any atom is -0.301 e. The first kappa shape index (κ1) is 22.4. The molecular weight excluding hydrogens is 486 g/mol. The zero-order chi connectivity index (χ0) is 25.6. The molecule has 0 fully saturated rings. The molecule has 0 N–H and O–H groups in total. The molecule has 3 nitrogen and oxygen atoms in total. The maximum absolute atomic E-state index is 13.3. The Morgan fingerprint density at radius 3 is 1.89 bits per heavy atom. The van der Waals surface area contributed by atoms with Crippen LogP contribution in [0.3, 0.4) is 0 Å². The van der Waals surface area contributed by atoms with Gasteiger partial charge in [-0.2, -0.15) is 0 Å². The van der Waals surface area contributed by atoms with Gasteiger partial charge in [0.05, 0.1) is 11.3 Å². The lowest BCUT2D eigenvalue weighted by Crippen LogP contribution is -2.08. The summed E-state index contributed by atoms with van der Waals surface area (Å²) in [5, 5.41) is 5.23. The number of rotatable bonds is 4. The van der Waals surface area contributed by atoms with Gasteiger partial charge in [0, 0.05) is 27.1 Å². The van der Waals surface area contributed by atoms with Gasteiger partial charge >= 0.3 is 0 Å². The highest BCUT2D eigenvalue weighted by Gasteiger charge is 2.33. The molecule has 180 valence electrons. The van der Waals surface area contributed by atoms with Gasteiger partial charge in [-0.3, -0.25) is 9.59 Å². The summed E-state index contributed by atoms with van der Waals surface area (Å²) in [5.74, 6) is -0.417. The molecule has 38 heavy (non-hydrogen) atoms. The number of allylic oxidation sites excluding steroid dienone is 1. The third kappa shape index (κ3) is 3.66. The van der Waals surface area contributed by atoms with Crippen molar-refractivity contribution in [1.82, 2.24) is 0 Å². The van der Waals surface area contributed by atoms with Gasteiger partial charge in [-0.25, -0.2) is 0 Å². The Balaban J connectivity index is 1.32. The molecule has 1 aliphatic rings. The minimum absolute atomic E-state index is 0.209. The molecule has 0 radical (unpaired) electrons. The van der Waals surface area contributed by atoms with Crippen molar-refractivity contribution < 1.29 is 9.59 Å². The van der Waals surface area contributed by atoms with Crippen LogP contribution in [-0.4, -0.2) is 11.6 Å². The average Bonchev–Trinajstić information content (AvgIpc) is 3.51. The van der Waals surface area contributed by atoms with E-state index in [1.807, 2.05) is 66.7 Å². The Kier molecular flexibility index (Phi) is 5.27. The Morgan fingerprint density at radius 2 is 1.18 bits per heavy atom. The summed E-state index contributed by atoms with van der Waals surface area (Å²) in [4.78, 5) is 29.7. The first-order chi connectivity index (χ1) is 18.7. The number of benzene rings is 5. The first-order valence-corrected chi connectivity index (χ1v) is 13.3. The van der Waals surface area contributed by atoms with E-state index < -0.39 is 0 Å². The topological polar surface area (TPSA) is 37.4 Å². The van der Waals surface area contributed by atoms with Crippen LogP contribution in [0.2, 0.25) is 0 Å². The van der Waals surface area contributed by atoms with Crippen LogP contribution < -0.4 is 4.90 Å². The molecule has 0 saturated heterocycles. The molecule has 6 aromatic rings. The third-order valence-corrected chi connectivity index (χ3v) is 8.02. The minimum atomic E-state index is -0.209. The van der Waals surface area contributed by atoms with Crippen molar-refractivity contribution >= 4 is 66.9 Å². The van der Waals surface area contributed by atoms with Crippen molar-refractivity contribution in [3.63, 3.8) is 0 Å². The van der Waals surface area contributed by atoms with Crippen LogP contribution in [0.4, 0.5) is 16.4 Å². The van der Waals surface area contributed by atoms with E-state index in [0.29, 0.717) is 11.1 Å². The molecule has 0 unspecified atom stereocenters. The van der Waals surface area contributed by atoms with Crippen molar-refractivity contribution in [1.29, 1.82) is 0 Å². The van der Waals surface area contributed by atoms with Crippen LogP contribution in [0.15, 0.2) is 127 Å². The number of nitrogens with zero attached hydrogens (tertiary/aromatic N) is 1. The molecule has 0 saturated carbocycles. The third-order valence-electron chi connectivity index (χ3n) is 7.01. The van der Waals surface area contributed by atoms with E-state index in [4.69, 9.17) is 0 Å². The molecule has 1 aromatic heterocycles. The van der Waals surface area contributed by atoms with Gasteiger partial charge in [-0.1, -0.05) is 78.9 Å². The summed E-state index contributed by atoms with van der Waals surface area (Å²) >= 11 is 1.56. The number of thiophene rings is 1. The quantitative estimate of drug-likeness (QED) is 0.176. The number of hydrogen-bond acceptors (Lipinski definition) is 4. The van der Waals surface area contributed by atoms with Crippen LogP contribution in [-0.2, 0) is 0 Å². The predicted molar refractivity (Wildman–Crippen MR) is 157 cm³/mol. The Labute approximate surface area is 223 Å². The van der Waals surface area contributed by atoms with Crippen molar-refractivity contribution in [3.05, 3.63) is 143 Å². The lowest BCUT2D eigenvalue weighted by atomic mass is 10.0. The molecule has 0 aliphatic heterocycles. The smallest absolute Gasteiger partial charge is 0.197 e. The highest BCUT2D eigenvalue weighted by molar-refractivity contribution is 7.17. The summed E-state index contributed by atoms with van der Waals surface area (Å²) in [6.07, 6.45) is 1.75. The van der Waals surface area contributed by atoms with Gasteiger partial charge in [-0.05, 0) is 64.7 Å². The molecule has 5 aromatic carbocycles. The lowest BCUT2D eigenvalue weighted by molar-refractivity contribution is 0.0990. The number of anilines is 3. The maximum Gasteiger partial charge on any atom is 0.197 e. The fourth-order valence-electron chi connectivity index (χ4n) is 5.19.